The Morgan fingerprint density at radius 1 is 1.02 bits per heavy atom. The molecule has 0 bridgehead atoms. The molecule has 2 aromatic heterocycles. The molecular weight excluding hydrogens is 692 g/mol. The third kappa shape index (κ3) is 10.8. The van der Waals surface area contributed by atoms with E-state index in [9.17, 15) is 14.9 Å². The van der Waals surface area contributed by atoms with Gasteiger partial charge in [-0.3, -0.25) is 0 Å². The van der Waals surface area contributed by atoms with Gasteiger partial charge in [-0.05, 0) is 54.4 Å². The molecule has 0 spiro atoms. The number of benzene rings is 3. The van der Waals surface area contributed by atoms with Gasteiger partial charge in [0.1, 0.15) is 25.6 Å². The number of para-hydroxylation sites is 1. The number of aromatic nitrogens is 2. The maximum Gasteiger partial charge on any atom is 0.347 e. The van der Waals surface area contributed by atoms with Crippen molar-refractivity contribution in [3.05, 3.63) is 111 Å². The molecule has 5 rings (SSSR count). The van der Waals surface area contributed by atoms with Gasteiger partial charge in [0.15, 0.2) is 0 Å². The highest BCUT2D eigenvalue weighted by molar-refractivity contribution is 8.00. The Balaban J connectivity index is 1.43. The van der Waals surface area contributed by atoms with Crippen molar-refractivity contribution in [3.8, 4) is 5.75 Å². The van der Waals surface area contributed by atoms with Crippen molar-refractivity contribution in [3.63, 3.8) is 0 Å². The summed E-state index contributed by atoms with van der Waals surface area (Å²) in [7, 11) is 0. The second-order valence-electron chi connectivity index (χ2n) is 13.6. The molecule has 0 fully saturated rings. The minimum atomic E-state index is -0.950. The maximum atomic E-state index is 12.0. The highest BCUT2D eigenvalue weighted by atomic mass is 35.5. The third-order valence-electron chi connectivity index (χ3n) is 7.62. The Morgan fingerprint density at radius 3 is 2.53 bits per heavy atom. The number of rotatable bonds is 16. The van der Waals surface area contributed by atoms with Crippen molar-refractivity contribution < 1.29 is 29.0 Å². The van der Waals surface area contributed by atoms with E-state index >= 15 is 0 Å². The van der Waals surface area contributed by atoms with Gasteiger partial charge in [-0.2, -0.15) is 0 Å². The summed E-state index contributed by atoms with van der Waals surface area (Å²) in [5.74, 6) is 0.0349. The normalized spacial score (nSPS) is 12.0. The second kappa shape index (κ2) is 16.5. The number of halogens is 1. The second-order valence-corrected chi connectivity index (χ2v) is 15.9. The van der Waals surface area contributed by atoms with Crippen LogP contribution in [0.3, 0.4) is 0 Å². The zero-order valence-electron chi connectivity index (χ0n) is 29.3. The van der Waals surface area contributed by atoms with Crippen molar-refractivity contribution in [2.75, 3.05) is 19.8 Å². The zero-order valence-corrected chi connectivity index (χ0v) is 30.8. The molecule has 0 amide bonds. The summed E-state index contributed by atoms with van der Waals surface area (Å²) in [5.41, 5.74) is 4.57. The standard InChI is InChI=1S/C38H41ClN4O7S/c1-37(2,3)51-36-31-20-30(48-23-29-15-12-27-8-6-7-9-32(27)41-29)16-17-33(31)42(22-26-10-13-28(39)14-11-26)34(36)21-38(4,5)25-40-49-24-35(44)47-18-19-50-43(45)46/h6-17,20,25H,18-19,21-24H2,1-5H3/b40-25+. The molecule has 0 saturated carbocycles. The summed E-state index contributed by atoms with van der Waals surface area (Å²) in [6, 6.07) is 26.2. The number of hydrogen-bond acceptors (Lipinski definition) is 10. The van der Waals surface area contributed by atoms with Crippen molar-refractivity contribution >= 4 is 57.4 Å². The summed E-state index contributed by atoms with van der Waals surface area (Å²) < 4.78 is 13.4. The summed E-state index contributed by atoms with van der Waals surface area (Å²) >= 11 is 8.03. The van der Waals surface area contributed by atoms with Crippen LogP contribution < -0.4 is 4.74 Å². The van der Waals surface area contributed by atoms with Crippen LogP contribution in [0.2, 0.25) is 5.02 Å². The predicted octanol–water partition coefficient (Wildman–Crippen LogP) is 8.68. The molecule has 268 valence electrons. The van der Waals surface area contributed by atoms with Crippen LogP contribution in [0, 0.1) is 15.5 Å². The van der Waals surface area contributed by atoms with Crippen LogP contribution in [0.25, 0.3) is 21.8 Å². The van der Waals surface area contributed by atoms with Crippen LogP contribution in [0.4, 0.5) is 0 Å². The first-order valence-electron chi connectivity index (χ1n) is 16.4. The molecule has 11 nitrogen and oxygen atoms in total. The van der Waals surface area contributed by atoms with E-state index in [1.54, 1.807) is 18.0 Å². The van der Waals surface area contributed by atoms with E-state index in [-0.39, 0.29) is 18.0 Å². The molecule has 51 heavy (non-hydrogen) atoms. The Bertz CT molecular complexity index is 2020. The van der Waals surface area contributed by atoms with E-state index in [0.29, 0.717) is 24.6 Å². The van der Waals surface area contributed by atoms with Gasteiger partial charge in [-0.15, -0.1) is 21.9 Å². The van der Waals surface area contributed by atoms with E-state index in [4.69, 9.17) is 30.9 Å². The lowest BCUT2D eigenvalue weighted by molar-refractivity contribution is -0.757. The van der Waals surface area contributed by atoms with E-state index in [1.807, 2.05) is 74.5 Å². The summed E-state index contributed by atoms with van der Waals surface area (Å²) in [5, 5.41) is 16.2. The molecule has 0 unspecified atom stereocenters. The number of esters is 1. The molecule has 5 aromatic rings. The largest absolute Gasteiger partial charge is 0.487 e. The zero-order chi connectivity index (χ0) is 36.6. The molecule has 2 heterocycles. The fourth-order valence-corrected chi connectivity index (χ4v) is 6.71. The number of fused-ring (bicyclic) bond motifs is 2. The van der Waals surface area contributed by atoms with Gasteiger partial charge >= 0.3 is 5.97 Å². The Labute approximate surface area is 306 Å². The number of pyridine rings is 1. The topological polar surface area (TPSA) is 127 Å². The quantitative estimate of drug-likeness (QED) is 0.0244. The Kier molecular flexibility index (Phi) is 12.1. The van der Waals surface area contributed by atoms with Gasteiger partial charge < -0.3 is 23.7 Å². The lowest BCUT2D eigenvalue weighted by atomic mass is 9.89. The lowest BCUT2D eigenvalue weighted by Crippen LogP contribution is -2.21. The first kappa shape index (κ1) is 37.4. The van der Waals surface area contributed by atoms with Crippen molar-refractivity contribution in [2.24, 2.45) is 10.6 Å². The highest BCUT2D eigenvalue weighted by Crippen LogP contribution is 2.44. The van der Waals surface area contributed by atoms with Gasteiger partial charge in [0.25, 0.3) is 5.09 Å². The third-order valence-corrected chi connectivity index (χ3v) is 9.15. The average Bonchev–Trinajstić information content (AvgIpc) is 3.33. The first-order valence-corrected chi connectivity index (χ1v) is 17.6. The SMILES string of the molecule is CC(C)(/C=N/OCC(=O)OCCO[N+](=O)[O-])Cc1c(SC(C)(C)C)c2cc(OCc3ccc4ccccc4n3)ccc2n1Cc1ccc(Cl)cc1. The van der Waals surface area contributed by atoms with Crippen LogP contribution in [-0.4, -0.2) is 51.4 Å². The smallest absolute Gasteiger partial charge is 0.347 e. The number of hydrogen-bond donors (Lipinski definition) is 0. The molecule has 0 aliphatic carbocycles. The Hall–Kier alpha value is -4.81. The van der Waals surface area contributed by atoms with E-state index < -0.39 is 23.1 Å². The fraction of sp³-hybridized carbons (Fsp3) is 0.342. The molecule has 0 saturated heterocycles. The highest BCUT2D eigenvalue weighted by Gasteiger charge is 2.28. The van der Waals surface area contributed by atoms with E-state index in [2.05, 4.69) is 53.5 Å². The van der Waals surface area contributed by atoms with E-state index in [0.717, 1.165) is 49.4 Å². The van der Waals surface area contributed by atoms with Crippen LogP contribution in [-0.2, 0) is 38.8 Å². The van der Waals surface area contributed by atoms with E-state index in [1.165, 1.54) is 0 Å². The lowest BCUT2D eigenvalue weighted by Gasteiger charge is -2.24. The minimum absolute atomic E-state index is 0.105. The van der Waals surface area contributed by atoms with Crippen molar-refractivity contribution in [2.45, 2.75) is 63.8 Å². The maximum absolute atomic E-state index is 12.0. The fourth-order valence-electron chi connectivity index (χ4n) is 5.40. The van der Waals surface area contributed by atoms with Gasteiger partial charge in [0.05, 0.1) is 11.2 Å². The molecule has 0 atom stereocenters. The number of carbonyl (C=O) groups excluding carboxylic acids is 1. The van der Waals surface area contributed by atoms with Gasteiger partial charge in [0.2, 0.25) is 6.61 Å². The van der Waals surface area contributed by atoms with Gasteiger partial charge in [-0.25, -0.2) is 9.78 Å². The molecule has 0 aliphatic rings. The number of oxime groups is 1. The number of nitrogens with zero attached hydrogens (tertiary/aromatic N) is 4. The van der Waals surface area contributed by atoms with Crippen LogP contribution in [0.5, 0.6) is 5.75 Å². The first-order chi connectivity index (χ1) is 24.3. The monoisotopic (exact) mass is 732 g/mol. The van der Waals surface area contributed by atoms with Crippen LogP contribution in [0.15, 0.2) is 88.9 Å². The van der Waals surface area contributed by atoms with Crippen molar-refractivity contribution in [1.82, 2.24) is 9.55 Å². The summed E-state index contributed by atoms with van der Waals surface area (Å²) in [4.78, 5) is 37.5. The molecule has 3 aromatic carbocycles. The molecule has 0 N–H and O–H groups in total. The minimum Gasteiger partial charge on any atom is -0.487 e. The molecule has 13 heteroatoms. The number of thioether (sulfide) groups is 1. The number of ether oxygens (including phenoxy) is 2. The molecular formula is C38H41ClN4O7S. The number of carbonyl (C=O) groups is 1. The van der Waals surface area contributed by atoms with Crippen molar-refractivity contribution in [1.29, 1.82) is 0 Å². The predicted molar refractivity (Wildman–Crippen MR) is 200 cm³/mol. The Morgan fingerprint density at radius 2 is 1.78 bits per heavy atom. The summed E-state index contributed by atoms with van der Waals surface area (Å²) in [6.07, 6.45) is 2.28. The van der Waals surface area contributed by atoms with Gasteiger partial charge in [0, 0.05) is 54.8 Å². The molecule has 0 radical (unpaired) electrons. The van der Waals surface area contributed by atoms with Gasteiger partial charge in [-0.1, -0.05) is 87.8 Å². The average molecular weight is 733 g/mol. The summed E-state index contributed by atoms with van der Waals surface area (Å²) in [6.45, 7) is 10.6. The van der Waals surface area contributed by atoms with Crippen LogP contribution in [0.1, 0.15) is 51.6 Å². The van der Waals surface area contributed by atoms with Crippen LogP contribution >= 0.6 is 23.4 Å². The molecule has 0 aliphatic heterocycles.